The van der Waals surface area contributed by atoms with Crippen LogP contribution in [0.2, 0.25) is 0 Å². The van der Waals surface area contributed by atoms with Crippen molar-refractivity contribution in [1.29, 1.82) is 0 Å². The van der Waals surface area contributed by atoms with Crippen molar-refractivity contribution in [1.82, 2.24) is 15.1 Å². The molecule has 6 nitrogen and oxygen atoms in total. The second kappa shape index (κ2) is 7.31. The van der Waals surface area contributed by atoms with Gasteiger partial charge >= 0.3 is 0 Å². The van der Waals surface area contributed by atoms with E-state index in [9.17, 15) is 4.79 Å². The Balaban J connectivity index is 2.14. The van der Waals surface area contributed by atoms with Gasteiger partial charge in [-0.3, -0.25) is 9.48 Å². The number of amides is 1. The van der Waals surface area contributed by atoms with E-state index in [-0.39, 0.29) is 5.91 Å². The number of halogens is 1. The number of methoxy groups -OCH3 is 2. The monoisotopic (exact) mass is 367 g/mol. The van der Waals surface area contributed by atoms with Crippen LogP contribution in [0.25, 0.3) is 0 Å². The summed E-state index contributed by atoms with van der Waals surface area (Å²) in [6.07, 6.45) is 1.72. The van der Waals surface area contributed by atoms with Crippen LogP contribution in [-0.4, -0.2) is 29.9 Å². The first-order valence-corrected chi connectivity index (χ1v) is 7.59. The maximum absolute atomic E-state index is 12.3. The molecule has 7 heteroatoms. The summed E-state index contributed by atoms with van der Waals surface area (Å²) in [5, 5.41) is 7.10. The minimum absolute atomic E-state index is 0.201. The molecular formula is C15H18BrN3O3. The minimum atomic E-state index is -0.201. The van der Waals surface area contributed by atoms with Gasteiger partial charge < -0.3 is 14.8 Å². The van der Waals surface area contributed by atoms with Crippen LogP contribution in [0.5, 0.6) is 11.5 Å². The summed E-state index contributed by atoms with van der Waals surface area (Å²) in [7, 11) is 3.10. The molecule has 0 spiro atoms. The lowest BCUT2D eigenvalue weighted by Crippen LogP contribution is -2.24. The van der Waals surface area contributed by atoms with Crippen molar-refractivity contribution in [2.45, 2.75) is 20.0 Å². The number of ether oxygens (including phenoxy) is 2. The van der Waals surface area contributed by atoms with Gasteiger partial charge in [-0.05, 0) is 35.0 Å². The summed E-state index contributed by atoms with van der Waals surface area (Å²) < 4.78 is 13.0. The molecule has 1 N–H and O–H groups in total. The Bertz CT molecular complexity index is 648. The van der Waals surface area contributed by atoms with Crippen molar-refractivity contribution in [2.75, 3.05) is 14.2 Å². The first-order chi connectivity index (χ1) is 10.6. The lowest BCUT2D eigenvalue weighted by atomic mass is 10.2. The second-order valence-electron chi connectivity index (χ2n) is 4.54. The fourth-order valence-electron chi connectivity index (χ4n) is 2.04. The van der Waals surface area contributed by atoms with E-state index in [1.165, 1.54) is 0 Å². The molecular weight excluding hydrogens is 350 g/mol. The van der Waals surface area contributed by atoms with Gasteiger partial charge in [0.25, 0.3) is 5.91 Å². The summed E-state index contributed by atoms with van der Waals surface area (Å²) in [6, 6.07) is 5.06. The van der Waals surface area contributed by atoms with Gasteiger partial charge in [0.2, 0.25) is 0 Å². The molecule has 1 aromatic heterocycles. The SMILES string of the molecule is CCn1ncc(Br)c1CNC(=O)c1cc(OC)cc(OC)c1. The van der Waals surface area contributed by atoms with Gasteiger partial charge in [-0.15, -0.1) is 0 Å². The number of rotatable bonds is 6. The zero-order chi connectivity index (χ0) is 16.1. The van der Waals surface area contributed by atoms with E-state index in [1.807, 2.05) is 11.6 Å². The summed E-state index contributed by atoms with van der Waals surface area (Å²) >= 11 is 3.44. The van der Waals surface area contributed by atoms with E-state index >= 15 is 0 Å². The zero-order valence-electron chi connectivity index (χ0n) is 12.7. The van der Waals surface area contributed by atoms with Crippen LogP contribution in [0, 0.1) is 0 Å². The fourth-order valence-corrected chi connectivity index (χ4v) is 2.48. The van der Waals surface area contributed by atoms with E-state index in [0.29, 0.717) is 23.6 Å². The summed E-state index contributed by atoms with van der Waals surface area (Å²) in [4.78, 5) is 12.3. The second-order valence-corrected chi connectivity index (χ2v) is 5.39. The summed E-state index contributed by atoms with van der Waals surface area (Å²) in [5.41, 5.74) is 1.40. The Morgan fingerprint density at radius 2 is 1.91 bits per heavy atom. The first-order valence-electron chi connectivity index (χ1n) is 6.80. The van der Waals surface area contributed by atoms with Crippen molar-refractivity contribution in [2.24, 2.45) is 0 Å². The van der Waals surface area contributed by atoms with E-state index in [2.05, 4.69) is 26.3 Å². The molecule has 2 aromatic rings. The van der Waals surface area contributed by atoms with Gasteiger partial charge in [0.05, 0.1) is 37.1 Å². The maximum atomic E-state index is 12.3. The standard InChI is InChI=1S/C15H18BrN3O3/c1-4-19-14(13(16)8-18-19)9-17-15(20)10-5-11(21-2)7-12(6-10)22-3/h5-8H,4,9H2,1-3H3,(H,17,20). The van der Waals surface area contributed by atoms with E-state index in [0.717, 1.165) is 16.7 Å². The third kappa shape index (κ3) is 3.59. The molecule has 1 amide bonds. The summed E-state index contributed by atoms with van der Waals surface area (Å²) in [5.74, 6) is 0.946. The van der Waals surface area contributed by atoms with Gasteiger partial charge in [0, 0.05) is 18.2 Å². The third-order valence-electron chi connectivity index (χ3n) is 3.23. The van der Waals surface area contributed by atoms with Crippen LogP contribution in [0.1, 0.15) is 23.0 Å². The predicted molar refractivity (Wildman–Crippen MR) is 86.3 cm³/mol. The van der Waals surface area contributed by atoms with Crippen molar-refractivity contribution >= 4 is 21.8 Å². The predicted octanol–water partition coefficient (Wildman–Crippen LogP) is 2.61. The molecule has 0 atom stereocenters. The quantitative estimate of drug-likeness (QED) is 0.851. The molecule has 2 rings (SSSR count). The number of carbonyl (C=O) groups is 1. The number of carbonyl (C=O) groups excluding carboxylic acids is 1. The molecule has 118 valence electrons. The van der Waals surface area contributed by atoms with Crippen molar-refractivity contribution in [3.05, 3.63) is 40.1 Å². The van der Waals surface area contributed by atoms with Crippen LogP contribution in [-0.2, 0) is 13.1 Å². The minimum Gasteiger partial charge on any atom is -0.497 e. The lowest BCUT2D eigenvalue weighted by Gasteiger charge is -2.10. The van der Waals surface area contributed by atoms with Gasteiger partial charge in [-0.2, -0.15) is 5.10 Å². The van der Waals surface area contributed by atoms with Gasteiger partial charge in [0.15, 0.2) is 0 Å². The molecule has 0 unspecified atom stereocenters. The third-order valence-corrected chi connectivity index (χ3v) is 3.89. The Morgan fingerprint density at radius 3 is 2.45 bits per heavy atom. The van der Waals surface area contributed by atoms with Gasteiger partial charge in [-0.1, -0.05) is 0 Å². The normalized spacial score (nSPS) is 10.4. The van der Waals surface area contributed by atoms with E-state index < -0.39 is 0 Å². The molecule has 0 aliphatic heterocycles. The lowest BCUT2D eigenvalue weighted by molar-refractivity contribution is 0.0949. The number of benzene rings is 1. The highest BCUT2D eigenvalue weighted by molar-refractivity contribution is 9.10. The zero-order valence-corrected chi connectivity index (χ0v) is 14.3. The van der Waals surface area contributed by atoms with E-state index in [1.54, 1.807) is 38.6 Å². The number of nitrogens with zero attached hydrogens (tertiary/aromatic N) is 2. The molecule has 1 heterocycles. The molecule has 0 fully saturated rings. The number of hydrogen-bond donors (Lipinski definition) is 1. The summed E-state index contributed by atoms with van der Waals surface area (Å²) in [6.45, 7) is 3.12. The van der Waals surface area contributed by atoms with Gasteiger partial charge in [0.1, 0.15) is 11.5 Å². The van der Waals surface area contributed by atoms with E-state index in [4.69, 9.17) is 9.47 Å². The van der Waals surface area contributed by atoms with Crippen molar-refractivity contribution in [3.8, 4) is 11.5 Å². The number of hydrogen-bond acceptors (Lipinski definition) is 4. The molecule has 0 aliphatic rings. The van der Waals surface area contributed by atoms with Crippen molar-refractivity contribution < 1.29 is 14.3 Å². The molecule has 0 aliphatic carbocycles. The van der Waals surface area contributed by atoms with Crippen LogP contribution < -0.4 is 14.8 Å². The Hall–Kier alpha value is -2.02. The largest absolute Gasteiger partial charge is 0.497 e. The van der Waals surface area contributed by atoms with Crippen LogP contribution in [0.4, 0.5) is 0 Å². The Kier molecular flexibility index (Phi) is 5.43. The van der Waals surface area contributed by atoms with Crippen molar-refractivity contribution in [3.63, 3.8) is 0 Å². The molecule has 0 bridgehead atoms. The number of aryl methyl sites for hydroxylation is 1. The van der Waals surface area contributed by atoms with Gasteiger partial charge in [-0.25, -0.2) is 0 Å². The van der Waals surface area contributed by atoms with Crippen LogP contribution in [0.15, 0.2) is 28.9 Å². The topological polar surface area (TPSA) is 65.4 Å². The molecule has 22 heavy (non-hydrogen) atoms. The maximum Gasteiger partial charge on any atom is 0.251 e. The fraction of sp³-hybridized carbons (Fsp3) is 0.333. The average molecular weight is 368 g/mol. The molecule has 0 saturated carbocycles. The highest BCUT2D eigenvalue weighted by Gasteiger charge is 2.12. The molecule has 0 saturated heterocycles. The van der Waals surface area contributed by atoms with Crippen LogP contribution >= 0.6 is 15.9 Å². The van der Waals surface area contributed by atoms with Crippen LogP contribution in [0.3, 0.4) is 0 Å². The highest BCUT2D eigenvalue weighted by atomic mass is 79.9. The smallest absolute Gasteiger partial charge is 0.251 e. The molecule has 1 aromatic carbocycles. The highest BCUT2D eigenvalue weighted by Crippen LogP contribution is 2.22. The Morgan fingerprint density at radius 1 is 1.27 bits per heavy atom. The first kappa shape index (κ1) is 16.4. The number of nitrogens with one attached hydrogen (secondary N) is 1. The Labute approximate surface area is 137 Å². The average Bonchev–Trinajstić information content (AvgIpc) is 2.91. The number of aromatic nitrogens is 2. The molecule has 0 radical (unpaired) electrons.